The molecule has 3 heteroatoms. The van der Waals surface area contributed by atoms with Gasteiger partial charge in [0.15, 0.2) is 0 Å². The van der Waals surface area contributed by atoms with Crippen LogP contribution in [0.4, 0.5) is 5.82 Å². The highest BCUT2D eigenvalue weighted by Crippen LogP contribution is 1.99. The summed E-state index contributed by atoms with van der Waals surface area (Å²) < 4.78 is 0. The van der Waals surface area contributed by atoms with Gasteiger partial charge in [-0.1, -0.05) is 0 Å². The van der Waals surface area contributed by atoms with E-state index in [-0.39, 0.29) is 0 Å². The average molecular weight is 122 g/mol. The van der Waals surface area contributed by atoms with Crippen molar-refractivity contribution in [2.45, 2.75) is 0 Å². The number of nitrogens with zero attached hydrogens (tertiary/aromatic N) is 3. The van der Waals surface area contributed by atoms with E-state index in [0.717, 1.165) is 5.82 Å². The zero-order valence-corrected chi connectivity index (χ0v) is 5.50. The number of anilines is 1. The van der Waals surface area contributed by atoms with Gasteiger partial charge >= 0.3 is 0 Å². The maximum absolute atomic E-state index is 3.96. The van der Waals surface area contributed by atoms with E-state index in [1.807, 2.05) is 19.0 Å². The molecule has 0 aromatic carbocycles. The molecule has 0 unspecified atom stereocenters. The maximum atomic E-state index is 3.96. The summed E-state index contributed by atoms with van der Waals surface area (Å²) in [7, 11) is 3.85. The molecule has 1 radical (unpaired) electrons. The van der Waals surface area contributed by atoms with Gasteiger partial charge in [-0.2, -0.15) is 0 Å². The molecular formula is C6H8N3. The Labute approximate surface area is 54.4 Å². The predicted octanol–water partition coefficient (Wildman–Crippen LogP) is 0.343. The minimum atomic E-state index is 0.880. The molecule has 0 spiro atoms. The van der Waals surface area contributed by atoms with E-state index in [1.54, 1.807) is 6.07 Å². The lowest BCUT2D eigenvalue weighted by Gasteiger charge is -2.08. The summed E-state index contributed by atoms with van der Waals surface area (Å²) in [6, 6.07) is 1.74. The zero-order valence-electron chi connectivity index (χ0n) is 5.50. The van der Waals surface area contributed by atoms with Crippen molar-refractivity contribution >= 4 is 5.82 Å². The van der Waals surface area contributed by atoms with Crippen molar-refractivity contribution in [1.29, 1.82) is 0 Å². The van der Waals surface area contributed by atoms with Crippen molar-refractivity contribution in [1.82, 2.24) is 9.97 Å². The van der Waals surface area contributed by atoms with Gasteiger partial charge in [-0.05, 0) is 0 Å². The second-order valence-electron chi connectivity index (χ2n) is 1.90. The first-order valence-corrected chi connectivity index (χ1v) is 2.66. The first-order chi connectivity index (χ1) is 4.30. The molecule has 3 nitrogen and oxygen atoms in total. The quantitative estimate of drug-likeness (QED) is 0.538. The fourth-order valence-electron chi connectivity index (χ4n) is 0.498. The number of hydrogen-bond acceptors (Lipinski definition) is 3. The fraction of sp³-hybridized carbons (Fsp3) is 0.333. The van der Waals surface area contributed by atoms with Gasteiger partial charge in [-0.3, -0.25) is 0 Å². The third-order valence-corrected chi connectivity index (χ3v) is 0.974. The number of rotatable bonds is 1. The van der Waals surface area contributed by atoms with E-state index >= 15 is 0 Å². The summed E-state index contributed by atoms with van der Waals surface area (Å²) in [6.45, 7) is 0. The largest absolute Gasteiger partial charge is 0.363 e. The normalized spacial score (nSPS) is 9.11. The topological polar surface area (TPSA) is 29.0 Å². The Morgan fingerprint density at radius 3 is 2.67 bits per heavy atom. The zero-order chi connectivity index (χ0) is 6.69. The Bertz CT molecular complexity index is 171. The van der Waals surface area contributed by atoms with Crippen LogP contribution in [0, 0.1) is 6.20 Å². The first-order valence-electron chi connectivity index (χ1n) is 2.66. The van der Waals surface area contributed by atoms with Crippen LogP contribution in [-0.2, 0) is 0 Å². The second-order valence-corrected chi connectivity index (χ2v) is 1.90. The molecule has 0 N–H and O–H groups in total. The summed E-state index contributed by atoms with van der Waals surface area (Å²) in [6.07, 6.45) is 4.17. The molecule has 0 bridgehead atoms. The van der Waals surface area contributed by atoms with E-state index in [0.29, 0.717) is 0 Å². The molecular weight excluding hydrogens is 114 g/mol. The Morgan fingerprint density at radius 2 is 2.33 bits per heavy atom. The summed E-state index contributed by atoms with van der Waals surface area (Å²) in [5.74, 6) is 0.880. The van der Waals surface area contributed by atoms with Crippen LogP contribution in [0.25, 0.3) is 0 Å². The highest BCUT2D eigenvalue weighted by molar-refractivity contribution is 5.32. The van der Waals surface area contributed by atoms with Crippen LogP contribution in [0.5, 0.6) is 0 Å². The van der Waals surface area contributed by atoms with Crippen molar-refractivity contribution in [2.75, 3.05) is 19.0 Å². The van der Waals surface area contributed by atoms with Gasteiger partial charge in [0.05, 0.1) is 6.20 Å². The van der Waals surface area contributed by atoms with Crippen LogP contribution in [0.2, 0.25) is 0 Å². The molecule has 1 aromatic heterocycles. The molecule has 0 aliphatic heterocycles. The summed E-state index contributed by atoms with van der Waals surface area (Å²) in [5.41, 5.74) is 0. The molecule has 0 atom stereocenters. The van der Waals surface area contributed by atoms with Crippen LogP contribution in [-0.4, -0.2) is 24.1 Å². The molecule has 47 valence electrons. The molecule has 1 heterocycles. The molecule has 0 aliphatic carbocycles. The predicted molar refractivity (Wildman–Crippen MR) is 35.2 cm³/mol. The van der Waals surface area contributed by atoms with Crippen molar-refractivity contribution < 1.29 is 0 Å². The molecule has 0 amide bonds. The average Bonchev–Trinajstić information content (AvgIpc) is 1.90. The molecule has 0 saturated carbocycles. The minimum Gasteiger partial charge on any atom is -0.363 e. The van der Waals surface area contributed by atoms with E-state index in [2.05, 4.69) is 16.2 Å². The van der Waals surface area contributed by atoms with Gasteiger partial charge in [0, 0.05) is 20.2 Å². The summed E-state index contributed by atoms with van der Waals surface area (Å²) in [5, 5.41) is 0. The van der Waals surface area contributed by atoms with Crippen LogP contribution in [0.3, 0.4) is 0 Å². The highest BCUT2D eigenvalue weighted by atomic mass is 15.1. The van der Waals surface area contributed by atoms with Gasteiger partial charge < -0.3 is 4.90 Å². The lowest BCUT2D eigenvalue weighted by atomic mass is 10.5. The summed E-state index contributed by atoms with van der Waals surface area (Å²) >= 11 is 0. The molecule has 0 saturated heterocycles. The lowest BCUT2D eigenvalue weighted by Crippen LogP contribution is -2.10. The van der Waals surface area contributed by atoms with Gasteiger partial charge in [-0.15, -0.1) is 0 Å². The Balaban J connectivity index is 2.85. The maximum Gasteiger partial charge on any atom is 0.132 e. The van der Waals surface area contributed by atoms with Gasteiger partial charge in [0.25, 0.3) is 0 Å². The van der Waals surface area contributed by atoms with Crippen LogP contribution >= 0.6 is 0 Å². The van der Waals surface area contributed by atoms with Crippen molar-refractivity contribution in [3.05, 3.63) is 18.6 Å². The minimum absolute atomic E-state index is 0.880. The SMILES string of the molecule is CN(C)c1c[c]ncn1. The molecule has 9 heavy (non-hydrogen) atoms. The van der Waals surface area contributed by atoms with E-state index < -0.39 is 0 Å². The first kappa shape index (κ1) is 6.01. The van der Waals surface area contributed by atoms with E-state index in [1.165, 1.54) is 6.33 Å². The Morgan fingerprint density at radius 1 is 1.56 bits per heavy atom. The third-order valence-electron chi connectivity index (χ3n) is 0.974. The lowest BCUT2D eigenvalue weighted by molar-refractivity contribution is 1.03. The Kier molecular flexibility index (Phi) is 1.63. The van der Waals surface area contributed by atoms with E-state index in [9.17, 15) is 0 Å². The highest BCUT2D eigenvalue weighted by Gasteiger charge is 1.90. The van der Waals surface area contributed by atoms with Gasteiger partial charge in [0.1, 0.15) is 12.1 Å². The van der Waals surface area contributed by atoms with Crippen molar-refractivity contribution in [3.8, 4) is 0 Å². The molecule has 0 fully saturated rings. The molecule has 0 aliphatic rings. The van der Waals surface area contributed by atoms with Gasteiger partial charge in [-0.25, -0.2) is 9.97 Å². The summed E-state index contributed by atoms with van der Waals surface area (Å²) in [4.78, 5) is 9.53. The fourth-order valence-corrected chi connectivity index (χ4v) is 0.498. The number of hydrogen-bond donors (Lipinski definition) is 0. The van der Waals surface area contributed by atoms with Crippen LogP contribution in [0.1, 0.15) is 0 Å². The number of aromatic nitrogens is 2. The third kappa shape index (κ3) is 1.38. The van der Waals surface area contributed by atoms with Crippen molar-refractivity contribution in [2.24, 2.45) is 0 Å². The van der Waals surface area contributed by atoms with Crippen LogP contribution in [0.15, 0.2) is 12.4 Å². The second kappa shape index (κ2) is 2.44. The standard InChI is InChI=1S/C6H8N3/c1-9(2)6-3-4-7-5-8-6/h3,5H,1-2H3. The van der Waals surface area contributed by atoms with Crippen LogP contribution < -0.4 is 4.90 Å². The molecule has 1 aromatic rings. The molecule has 1 rings (SSSR count). The van der Waals surface area contributed by atoms with Gasteiger partial charge in [0.2, 0.25) is 0 Å². The smallest absolute Gasteiger partial charge is 0.132 e. The Hall–Kier alpha value is -1.12. The van der Waals surface area contributed by atoms with E-state index in [4.69, 9.17) is 0 Å². The monoisotopic (exact) mass is 122 g/mol. The van der Waals surface area contributed by atoms with Crippen molar-refractivity contribution in [3.63, 3.8) is 0 Å².